The molecule has 0 aliphatic carbocycles. The molecule has 2 aromatic carbocycles. The Morgan fingerprint density at radius 3 is 2.65 bits per heavy atom. The second kappa shape index (κ2) is 7.48. The molecule has 0 spiro atoms. The number of carbonyl (C=O) groups excluding carboxylic acids is 1. The lowest BCUT2D eigenvalue weighted by Crippen LogP contribution is -2.41. The molecule has 1 saturated heterocycles. The Kier molecular flexibility index (Phi) is 4.76. The van der Waals surface area contributed by atoms with Gasteiger partial charge in [-0.3, -0.25) is 14.5 Å². The molecule has 4 bridgehead atoms. The number of halogens is 1. The summed E-state index contributed by atoms with van der Waals surface area (Å²) in [4.78, 5) is 13.8. The number of nitrogens with zero attached hydrogens (tertiary/aromatic N) is 5. The number of aromatic nitrogens is 4. The van der Waals surface area contributed by atoms with Crippen molar-refractivity contribution in [1.29, 1.82) is 0 Å². The van der Waals surface area contributed by atoms with E-state index in [9.17, 15) is 4.79 Å². The molecule has 3 aliphatic heterocycles. The van der Waals surface area contributed by atoms with Crippen molar-refractivity contribution < 1.29 is 9.18 Å². The molecular weight excluding hydrogens is 393 g/mol. The zero-order valence-corrected chi connectivity index (χ0v) is 18.1. The van der Waals surface area contributed by atoms with E-state index in [0.717, 1.165) is 59.0 Å². The molecule has 0 unspecified atom stereocenters. The summed E-state index contributed by atoms with van der Waals surface area (Å²) in [5, 5.41) is 13.4. The summed E-state index contributed by atoms with van der Waals surface area (Å²) < 4.78 is 17.0. The SMILES string of the molecule is CC.CC(=O)Cn1nc2c3c(cccc31)-c1cc3c(cnn3N3CCC2CC3)cc1F. The molecule has 3 aliphatic rings. The molecule has 0 atom stereocenters. The fourth-order valence-corrected chi connectivity index (χ4v) is 4.89. The van der Waals surface area contributed by atoms with E-state index in [1.165, 1.54) is 0 Å². The van der Waals surface area contributed by atoms with Gasteiger partial charge in [0.15, 0.2) is 5.78 Å². The third-order valence-electron chi connectivity index (χ3n) is 6.23. The van der Waals surface area contributed by atoms with Crippen molar-refractivity contribution >= 4 is 27.6 Å². The highest BCUT2D eigenvalue weighted by Crippen LogP contribution is 2.40. The number of benzene rings is 2. The van der Waals surface area contributed by atoms with Gasteiger partial charge in [-0.2, -0.15) is 15.0 Å². The number of rotatable bonds is 2. The van der Waals surface area contributed by atoms with Crippen LogP contribution in [0, 0.1) is 5.82 Å². The summed E-state index contributed by atoms with van der Waals surface area (Å²) >= 11 is 0. The highest BCUT2D eigenvalue weighted by molar-refractivity contribution is 6.00. The van der Waals surface area contributed by atoms with Crippen molar-refractivity contribution in [2.45, 2.75) is 46.1 Å². The predicted octanol–water partition coefficient (Wildman–Crippen LogP) is 4.64. The van der Waals surface area contributed by atoms with E-state index in [4.69, 9.17) is 5.10 Å². The Morgan fingerprint density at radius 2 is 1.90 bits per heavy atom. The zero-order valence-electron chi connectivity index (χ0n) is 18.1. The average Bonchev–Trinajstić information content (AvgIpc) is 3.35. The van der Waals surface area contributed by atoms with Crippen LogP contribution in [0.1, 0.15) is 45.2 Å². The third-order valence-corrected chi connectivity index (χ3v) is 6.23. The van der Waals surface area contributed by atoms with Crippen LogP contribution >= 0.6 is 0 Å². The van der Waals surface area contributed by atoms with Crippen LogP contribution in [-0.4, -0.2) is 38.5 Å². The molecule has 5 heterocycles. The zero-order chi connectivity index (χ0) is 21.7. The molecule has 31 heavy (non-hydrogen) atoms. The van der Waals surface area contributed by atoms with Crippen molar-refractivity contribution in [3.05, 3.63) is 48.0 Å². The minimum Gasteiger partial charge on any atom is -0.298 e. The van der Waals surface area contributed by atoms with E-state index in [-0.39, 0.29) is 24.1 Å². The van der Waals surface area contributed by atoms with Gasteiger partial charge in [-0.15, -0.1) is 0 Å². The molecule has 0 amide bonds. The monoisotopic (exact) mass is 419 g/mol. The third kappa shape index (κ3) is 3.02. The Balaban J connectivity index is 0.000000994. The van der Waals surface area contributed by atoms with Gasteiger partial charge in [0.05, 0.1) is 29.5 Å². The number of Topliss-reactive ketones (excluding diaryl/α,β-unsaturated/α-hetero) is 1. The van der Waals surface area contributed by atoms with Crippen LogP contribution in [0.25, 0.3) is 32.9 Å². The predicted molar refractivity (Wildman–Crippen MR) is 120 cm³/mol. The number of carbonyl (C=O) groups is 1. The molecule has 6 nitrogen and oxygen atoms in total. The van der Waals surface area contributed by atoms with Crippen molar-refractivity contribution in [2.24, 2.45) is 0 Å². The van der Waals surface area contributed by atoms with Crippen LogP contribution < -0.4 is 5.01 Å². The first-order valence-electron chi connectivity index (χ1n) is 11.0. The van der Waals surface area contributed by atoms with Crippen molar-refractivity contribution in [3.8, 4) is 11.1 Å². The van der Waals surface area contributed by atoms with E-state index in [1.54, 1.807) is 23.9 Å². The van der Waals surface area contributed by atoms with Crippen LogP contribution in [0.3, 0.4) is 0 Å². The maximum atomic E-state index is 15.2. The Morgan fingerprint density at radius 1 is 1.13 bits per heavy atom. The molecule has 160 valence electrons. The quantitative estimate of drug-likeness (QED) is 0.475. The molecule has 4 aromatic rings. The van der Waals surface area contributed by atoms with Gasteiger partial charge in [-0.05, 0) is 43.5 Å². The number of hydrogen-bond acceptors (Lipinski definition) is 4. The Bertz CT molecular complexity index is 1300. The summed E-state index contributed by atoms with van der Waals surface area (Å²) in [6.07, 6.45) is 3.62. The summed E-state index contributed by atoms with van der Waals surface area (Å²) in [6, 6.07) is 9.32. The molecule has 1 fully saturated rings. The van der Waals surface area contributed by atoms with Crippen LogP contribution in [0.2, 0.25) is 0 Å². The summed E-state index contributed by atoms with van der Waals surface area (Å²) in [6.45, 7) is 7.52. The lowest BCUT2D eigenvalue weighted by atomic mass is 9.89. The normalized spacial score (nSPS) is 15.3. The fraction of sp³-hybridized carbons (Fsp3) is 0.375. The topological polar surface area (TPSA) is 56.0 Å². The summed E-state index contributed by atoms with van der Waals surface area (Å²) in [5.41, 5.74) is 4.17. The highest BCUT2D eigenvalue weighted by atomic mass is 19.1. The van der Waals surface area contributed by atoms with Crippen molar-refractivity contribution in [1.82, 2.24) is 19.7 Å². The minimum atomic E-state index is -0.267. The van der Waals surface area contributed by atoms with Gasteiger partial charge < -0.3 is 0 Å². The van der Waals surface area contributed by atoms with Gasteiger partial charge in [0.25, 0.3) is 0 Å². The Hall–Kier alpha value is -3.22. The second-order valence-electron chi connectivity index (χ2n) is 8.10. The van der Waals surface area contributed by atoms with Crippen molar-refractivity contribution in [3.63, 3.8) is 0 Å². The number of ketones is 1. The Labute approximate surface area is 180 Å². The van der Waals surface area contributed by atoms with Gasteiger partial charge >= 0.3 is 0 Å². The standard InChI is InChI=1S/C22H20FN5O.C2H6/c1-13(29)12-27-19-4-2-3-16-17-10-20-15(9-18(17)23)11-24-28(20)26-7-5-14(6-8-26)22(25-27)21(16)19;1-2/h2-4,9-11,14H,5-8,12H2,1H3;1-2H3. The van der Waals surface area contributed by atoms with Crippen LogP contribution in [0.4, 0.5) is 4.39 Å². The van der Waals surface area contributed by atoms with Crippen LogP contribution in [-0.2, 0) is 11.3 Å². The van der Waals surface area contributed by atoms with E-state index < -0.39 is 0 Å². The van der Waals surface area contributed by atoms with Crippen LogP contribution in [0.5, 0.6) is 0 Å². The smallest absolute Gasteiger partial charge is 0.151 e. The number of fused-ring (bicyclic) bond motifs is 2. The summed E-state index contributed by atoms with van der Waals surface area (Å²) in [7, 11) is 0. The van der Waals surface area contributed by atoms with Gasteiger partial charge in [-0.1, -0.05) is 26.0 Å². The van der Waals surface area contributed by atoms with Crippen LogP contribution in [0.15, 0.2) is 36.5 Å². The summed E-state index contributed by atoms with van der Waals surface area (Å²) in [5.74, 6) is 0.0592. The second-order valence-corrected chi connectivity index (χ2v) is 8.10. The largest absolute Gasteiger partial charge is 0.298 e. The lowest BCUT2D eigenvalue weighted by molar-refractivity contribution is -0.117. The van der Waals surface area contributed by atoms with E-state index in [1.807, 2.05) is 42.9 Å². The molecule has 2 aromatic heterocycles. The molecule has 0 radical (unpaired) electrons. The van der Waals surface area contributed by atoms with Crippen molar-refractivity contribution in [2.75, 3.05) is 18.1 Å². The van der Waals surface area contributed by atoms with E-state index in [0.29, 0.717) is 5.56 Å². The fourth-order valence-electron chi connectivity index (χ4n) is 4.89. The van der Waals surface area contributed by atoms with Gasteiger partial charge in [0, 0.05) is 35.3 Å². The molecule has 7 rings (SSSR count). The van der Waals surface area contributed by atoms with E-state index >= 15 is 4.39 Å². The first kappa shape index (κ1) is 19.7. The molecule has 0 saturated carbocycles. The maximum Gasteiger partial charge on any atom is 0.151 e. The van der Waals surface area contributed by atoms with E-state index in [2.05, 4.69) is 10.1 Å². The molecule has 7 heteroatoms. The minimum absolute atomic E-state index is 0.0544. The highest BCUT2D eigenvalue weighted by Gasteiger charge is 2.29. The molecular formula is C24H26FN5O. The van der Waals surface area contributed by atoms with Gasteiger partial charge in [0.1, 0.15) is 5.82 Å². The molecule has 0 N–H and O–H groups in total. The first-order chi connectivity index (χ1) is 15.1. The average molecular weight is 420 g/mol. The maximum absolute atomic E-state index is 15.2. The van der Waals surface area contributed by atoms with Gasteiger partial charge in [-0.25, -0.2) is 4.39 Å². The first-order valence-corrected chi connectivity index (χ1v) is 11.0. The lowest BCUT2D eigenvalue weighted by Gasteiger charge is -2.32. The number of piperidine rings is 1. The van der Waals surface area contributed by atoms with Gasteiger partial charge in [0.2, 0.25) is 0 Å². The number of hydrogen-bond donors (Lipinski definition) is 0.